The van der Waals surface area contributed by atoms with Gasteiger partial charge in [-0.1, -0.05) is 6.07 Å². The zero-order chi connectivity index (χ0) is 18.2. The van der Waals surface area contributed by atoms with Crippen molar-refractivity contribution in [2.24, 2.45) is 4.99 Å². The molecule has 0 saturated heterocycles. The number of aliphatic imine (C=N–C) groups is 1. The third-order valence-electron chi connectivity index (χ3n) is 3.78. The van der Waals surface area contributed by atoms with Crippen LogP contribution in [0.15, 0.2) is 23.2 Å². The van der Waals surface area contributed by atoms with Crippen LogP contribution >= 0.6 is 47.1 Å². The van der Waals surface area contributed by atoms with Crippen LogP contribution in [-0.2, 0) is 18.7 Å². The Bertz CT molecular complexity index is 734. The fourth-order valence-corrected chi connectivity index (χ4v) is 4.07. The second kappa shape index (κ2) is 11.8. The highest BCUT2D eigenvalue weighted by Crippen LogP contribution is 2.17. The standard InChI is InChI=1S/C18H25FN4S2.HI/c1-12-17(25-13(2)23-12)7-8-21-18(20-3)22-10-14-5-6-16(19)9-15(14)11-24-4;/h5-6,9H,7-8,10-11H2,1-4H3,(H2,20,21,22);1H. The maximum absolute atomic E-state index is 13.4. The average molecular weight is 508 g/mol. The first kappa shape index (κ1) is 23.2. The van der Waals surface area contributed by atoms with Gasteiger partial charge in [-0.2, -0.15) is 11.8 Å². The smallest absolute Gasteiger partial charge is 0.191 e. The van der Waals surface area contributed by atoms with E-state index in [0.717, 1.165) is 46.5 Å². The molecule has 0 saturated carbocycles. The predicted octanol–water partition coefficient (Wildman–Crippen LogP) is 4.29. The molecule has 0 aliphatic carbocycles. The van der Waals surface area contributed by atoms with E-state index < -0.39 is 0 Å². The van der Waals surface area contributed by atoms with Crippen molar-refractivity contribution in [3.8, 4) is 0 Å². The molecular formula is C18H26FIN4S2. The highest BCUT2D eigenvalue weighted by Gasteiger charge is 2.07. The molecule has 2 rings (SSSR count). The van der Waals surface area contributed by atoms with E-state index >= 15 is 0 Å². The molecule has 1 heterocycles. The molecule has 0 atom stereocenters. The molecule has 4 nitrogen and oxygen atoms in total. The second-order valence-corrected chi connectivity index (χ2v) is 7.84. The van der Waals surface area contributed by atoms with Crippen molar-refractivity contribution in [2.75, 3.05) is 19.8 Å². The van der Waals surface area contributed by atoms with E-state index in [1.165, 1.54) is 10.9 Å². The third-order valence-corrected chi connectivity index (χ3v) is 5.51. The summed E-state index contributed by atoms with van der Waals surface area (Å²) < 4.78 is 13.4. The molecule has 0 radical (unpaired) electrons. The number of halogens is 2. The maximum atomic E-state index is 13.4. The minimum atomic E-state index is -0.189. The summed E-state index contributed by atoms with van der Waals surface area (Å²) in [4.78, 5) is 10.0. The van der Waals surface area contributed by atoms with Gasteiger partial charge in [-0.3, -0.25) is 4.99 Å². The number of hydrogen-bond acceptors (Lipinski definition) is 4. The molecule has 1 aromatic carbocycles. The van der Waals surface area contributed by atoms with Crippen molar-refractivity contribution >= 4 is 53.0 Å². The van der Waals surface area contributed by atoms with Crippen molar-refractivity contribution in [3.63, 3.8) is 0 Å². The summed E-state index contributed by atoms with van der Waals surface area (Å²) in [5.41, 5.74) is 3.22. The lowest BCUT2D eigenvalue weighted by Gasteiger charge is -2.14. The van der Waals surface area contributed by atoms with Crippen molar-refractivity contribution in [2.45, 2.75) is 32.6 Å². The first-order valence-corrected chi connectivity index (χ1v) is 10.4. The monoisotopic (exact) mass is 508 g/mol. The van der Waals surface area contributed by atoms with Gasteiger partial charge in [0.05, 0.1) is 10.7 Å². The Morgan fingerprint density at radius 1 is 1.27 bits per heavy atom. The predicted molar refractivity (Wildman–Crippen MR) is 123 cm³/mol. The van der Waals surface area contributed by atoms with Crippen LogP contribution in [0.1, 0.15) is 26.7 Å². The Labute approximate surface area is 180 Å². The van der Waals surface area contributed by atoms with E-state index in [-0.39, 0.29) is 29.8 Å². The highest BCUT2D eigenvalue weighted by atomic mass is 127. The fraction of sp³-hybridized carbons (Fsp3) is 0.444. The molecule has 0 spiro atoms. The molecule has 0 fully saturated rings. The minimum absolute atomic E-state index is 0. The number of rotatable bonds is 7. The summed E-state index contributed by atoms with van der Waals surface area (Å²) in [6, 6.07) is 4.95. The fourth-order valence-electron chi connectivity index (χ4n) is 2.56. The van der Waals surface area contributed by atoms with Crippen molar-refractivity contribution in [1.29, 1.82) is 0 Å². The minimum Gasteiger partial charge on any atom is -0.356 e. The Hall–Kier alpha value is -0.870. The summed E-state index contributed by atoms with van der Waals surface area (Å²) in [6.45, 7) is 5.50. The molecule has 0 amide bonds. The van der Waals surface area contributed by atoms with Gasteiger partial charge < -0.3 is 10.6 Å². The second-order valence-electron chi connectivity index (χ2n) is 5.69. The van der Waals surface area contributed by atoms with Crippen LogP contribution in [0, 0.1) is 19.7 Å². The number of benzene rings is 1. The van der Waals surface area contributed by atoms with E-state index in [1.54, 1.807) is 36.2 Å². The van der Waals surface area contributed by atoms with Crippen LogP contribution in [0.5, 0.6) is 0 Å². The summed E-state index contributed by atoms with van der Waals surface area (Å²) in [7, 11) is 1.75. The topological polar surface area (TPSA) is 49.3 Å². The van der Waals surface area contributed by atoms with Gasteiger partial charge in [-0.25, -0.2) is 9.37 Å². The van der Waals surface area contributed by atoms with Gasteiger partial charge in [0.25, 0.3) is 0 Å². The lowest BCUT2D eigenvalue weighted by atomic mass is 10.1. The van der Waals surface area contributed by atoms with Crippen molar-refractivity contribution in [1.82, 2.24) is 15.6 Å². The Morgan fingerprint density at radius 3 is 2.65 bits per heavy atom. The molecule has 0 aliphatic rings. The van der Waals surface area contributed by atoms with E-state index in [9.17, 15) is 4.39 Å². The first-order chi connectivity index (χ1) is 12.0. The first-order valence-electron chi connectivity index (χ1n) is 8.17. The SMILES string of the molecule is CN=C(NCCc1sc(C)nc1C)NCc1ccc(F)cc1CSC.I. The van der Waals surface area contributed by atoms with Crippen LogP contribution < -0.4 is 10.6 Å². The maximum Gasteiger partial charge on any atom is 0.191 e. The number of nitrogens with zero attached hydrogens (tertiary/aromatic N) is 2. The van der Waals surface area contributed by atoms with E-state index in [4.69, 9.17) is 0 Å². The highest BCUT2D eigenvalue weighted by molar-refractivity contribution is 14.0. The summed E-state index contributed by atoms with van der Waals surface area (Å²) in [5, 5.41) is 7.74. The molecule has 144 valence electrons. The van der Waals surface area contributed by atoms with Crippen LogP contribution in [0.2, 0.25) is 0 Å². The van der Waals surface area contributed by atoms with Crippen LogP contribution in [-0.4, -0.2) is 30.8 Å². The molecule has 1 aromatic heterocycles. The van der Waals surface area contributed by atoms with Gasteiger partial charge in [-0.05, 0) is 43.4 Å². The summed E-state index contributed by atoms with van der Waals surface area (Å²) >= 11 is 3.43. The van der Waals surface area contributed by atoms with Gasteiger partial charge in [-0.15, -0.1) is 35.3 Å². The number of nitrogens with one attached hydrogen (secondary N) is 2. The van der Waals surface area contributed by atoms with Crippen LogP contribution in [0.25, 0.3) is 0 Å². The molecule has 8 heteroatoms. The molecule has 0 bridgehead atoms. The Balaban J connectivity index is 0.00000338. The average Bonchev–Trinajstić information content (AvgIpc) is 2.90. The molecular weight excluding hydrogens is 482 g/mol. The molecule has 0 unspecified atom stereocenters. The van der Waals surface area contributed by atoms with Gasteiger partial charge >= 0.3 is 0 Å². The number of guanidine groups is 1. The normalized spacial score (nSPS) is 11.2. The number of aryl methyl sites for hydroxylation is 2. The van der Waals surface area contributed by atoms with E-state index in [1.807, 2.05) is 26.2 Å². The largest absolute Gasteiger partial charge is 0.356 e. The van der Waals surface area contributed by atoms with Gasteiger partial charge in [0.1, 0.15) is 5.82 Å². The molecule has 2 aromatic rings. The van der Waals surface area contributed by atoms with Crippen LogP contribution in [0.4, 0.5) is 4.39 Å². The summed E-state index contributed by atoms with van der Waals surface area (Å²) in [6.07, 6.45) is 2.94. The van der Waals surface area contributed by atoms with Crippen molar-refractivity contribution in [3.05, 3.63) is 50.7 Å². The van der Waals surface area contributed by atoms with Gasteiger partial charge in [0.15, 0.2) is 5.96 Å². The molecule has 26 heavy (non-hydrogen) atoms. The lowest BCUT2D eigenvalue weighted by Crippen LogP contribution is -2.38. The van der Waals surface area contributed by atoms with E-state index in [0.29, 0.717) is 6.54 Å². The Kier molecular flexibility index (Phi) is 10.5. The number of thioether (sulfide) groups is 1. The zero-order valence-electron chi connectivity index (χ0n) is 15.6. The Morgan fingerprint density at radius 2 is 2.04 bits per heavy atom. The molecule has 2 N–H and O–H groups in total. The van der Waals surface area contributed by atoms with E-state index in [2.05, 4.69) is 20.6 Å². The third kappa shape index (κ3) is 7.03. The van der Waals surface area contributed by atoms with Crippen LogP contribution in [0.3, 0.4) is 0 Å². The zero-order valence-corrected chi connectivity index (χ0v) is 19.5. The van der Waals surface area contributed by atoms with Crippen molar-refractivity contribution < 1.29 is 4.39 Å². The lowest BCUT2D eigenvalue weighted by molar-refractivity contribution is 0.625. The number of aromatic nitrogens is 1. The number of thiazole rings is 1. The van der Waals surface area contributed by atoms with Gasteiger partial charge in [0, 0.05) is 37.2 Å². The molecule has 0 aliphatic heterocycles. The number of hydrogen-bond donors (Lipinski definition) is 2. The van der Waals surface area contributed by atoms with Gasteiger partial charge in [0.2, 0.25) is 0 Å². The quantitative estimate of drug-likeness (QED) is 0.333. The summed E-state index contributed by atoms with van der Waals surface area (Å²) in [5.74, 6) is 1.36.